The number of rotatable bonds is 5. The van der Waals surface area contributed by atoms with Crippen molar-refractivity contribution in [3.8, 4) is 5.75 Å². The van der Waals surface area contributed by atoms with E-state index < -0.39 is 0 Å². The molecule has 0 spiro atoms. The van der Waals surface area contributed by atoms with Crippen molar-refractivity contribution >= 4 is 22.5 Å². The Kier molecular flexibility index (Phi) is 4.96. The van der Waals surface area contributed by atoms with Crippen LogP contribution in [0.4, 0.5) is 5.82 Å². The van der Waals surface area contributed by atoms with E-state index in [2.05, 4.69) is 15.3 Å². The van der Waals surface area contributed by atoms with E-state index in [1.165, 1.54) is 0 Å². The smallest absolute Gasteiger partial charge is 0.159 e. The zero-order chi connectivity index (χ0) is 20.4. The summed E-state index contributed by atoms with van der Waals surface area (Å²) in [6, 6.07) is 18.5. The lowest BCUT2D eigenvalue weighted by Crippen LogP contribution is -2.14. The summed E-state index contributed by atoms with van der Waals surface area (Å²) in [4.78, 5) is 20.4. The molecule has 5 nitrogen and oxygen atoms in total. The van der Waals surface area contributed by atoms with E-state index in [4.69, 9.17) is 0 Å². The summed E-state index contributed by atoms with van der Waals surface area (Å²) in [6.45, 7) is 3.54. The molecule has 5 heteroatoms. The number of benzene rings is 2. The van der Waals surface area contributed by atoms with Gasteiger partial charge in [0.1, 0.15) is 17.1 Å². The van der Waals surface area contributed by atoms with Gasteiger partial charge in [-0.25, -0.2) is 4.98 Å². The number of aromatic hydroxyl groups is 1. The summed E-state index contributed by atoms with van der Waals surface area (Å²) in [6.07, 6.45) is 3.41. The molecule has 0 saturated heterocycles. The second kappa shape index (κ2) is 7.72. The Morgan fingerprint density at radius 1 is 1.00 bits per heavy atom. The van der Waals surface area contributed by atoms with Crippen LogP contribution >= 0.6 is 0 Å². The summed E-state index contributed by atoms with van der Waals surface area (Å²) >= 11 is 0. The fourth-order valence-electron chi connectivity index (χ4n) is 3.39. The van der Waals surface area contributed by atoms with Gasteiger partial charge in [-0.2, -0.15) is 0 Å². The number of anilines is 1. The highest BCUT2D eigenvalue weighted by Gasteiger charge is 2.20. The van der Waals surface area contributed by atoms with Crippen LogP contribution in [0.1, 0.15) is 40.0 Å². The quantitative estimate of drug-likeness (QED) is 0.472. The topological polar surface area (TPSA) is 75.1 Å². The maximum absolute atomic E-state index is 11.7. The minimum atomic E-state index is -0.364. The van der Waals surface area contributed by atoms with Crippen LogP contribution in [0, 0.1) is 6.92 Å². The molecule has 2 aromatic carbocycles. The Bertz CT molecular complexity index is 1190. The first-order chi connectivity index (χ1) is 14.0. The van der Waals surface area contributed by atoms with Crippen LogP contribution in [0.5, 0.6) is 5.75 Å². The number of phenols is 1. The SMILES string of the molecule is CC(=O)c1ccc(C(Nc2cc(C)ccn2)c2ccc3cccnc3c2O)cc1. The number of pyridine rings is 2. The van der Waals surface area contributed by atoms with Crippen molar-refractivity contribution < 1.29 is 9.90 Å². The Hall–Kier alpha value is -3.73. The van der Waals surface area contributed by atoms with Gasteiger partial charge in [0.15, 0.2) is 5.78 Å². The van der Waals surface area contributed by atoms with Crippen molar-refractivity contribution in [2.75, 3.05) is 5.32 Å². The van der Waals surface area contributed by atoms with Gasteiger partial charge in [-0.05, 0) is 43.2 Å². The molecule has 0 aliphatic carbocycles. The third-order valence-electron chi connectivity index (χ3n) is 4.95. The molecule has 1 unspecified atom stereocenters. The predicted octanol–water partition coefficient (Wildman–Crippen LogP) is 5.05. The van der Waals surface area contributed by atoms with Gasteiger partial charge in [0.25, 0.3) is 0 Å². The molecule has 29 heavy (non-hydrogen) atoms. The van der Waals surface area contributed by atoms with Crippen LogP contribution in [0.25, 0.3) is 10.9 Å². The van der Waals surface area contributed by atoms with Crippen molar-refractivity contribution in [1.29, 1.82) is 0 Å². The van der Waals surface area contributed by atoms with Crippen molar-refractivity contribution in [1.82, 2.24) is 9.97 Å². The molecule has 4 aromatic rings. The number of Topliss-reactive ketones (excluding diaryl/α,β-unsaturated/α-hetero) is 1. The summed E-state index contributed by atoms with van der Waals surface area (Å²) < 4.78 is 0. The highest BCUT2D eigenvalue weighted by molar-refractivity contribution is 5.94. The number of carbonyl (C=O) groups is 1. The second-order valence-corrected chi connectivity index (χ2v) is 7.05. The lowest BCUT2D eigenvalue weighted by atomic mass is 9.95. The Balaban J connectivity index is 1.83. The normalized spacial score (nSPS) is 11.9. The average Bonchev–Trinajstić information content (AvgIpc) is 2.73. The van der Waals surface area contributed by atoms with Gasteiger partial charge in [0.05, 0.1) is 6.04 Å². The van der Waals surface area contributed by atoms with E-state index in [1.54, 1.807) is 31.5 Å². The van der Waals surface area contributed by atoms with Crippen molar-refractivity contribution in [2.45, 2.75) is 19.9 Å². The largest absolute Gasteiger partial charge is 0.505 e. The van der Waals surface area contributed by atoms with Crippen molar-refractivity contribution in [3.63, 3.8) is 0 Å². The molecule has 0 radical (unpaired) electrons. The van der Waals surface area contributed by atoms with Crippen LogP contribution in [-0.2, 0) is 0 Å². The number of ketones is 1. The van der Waals surface area contributed by atoms with Gasteiger partial charge in [0.2, 0.25) is 0 Å². The molecule has 0 bridgehead atoms. The van der Waals surface area contributed by atoms with Gasteiger partial charge in [-0.1, -0.05) is 42.5 Å². The van der Waals surface area contributed by atoms with Crippen LogP contribution < -0.4 is 5.32 Å². The molecule has 0 aliphatic heterocycles. The number of phenolic OH excluding ortho intramolecular Hbond substituents is 1. The molecule has 0 aliphatic rings. The number of hydrogen-bond acceptors (Lipinski definition) is 5. The fraction of sp³-hybridized carbons (Fsp3) is 0.125. The monoisotopic (exact) mass is 383 g/mol. The van der Waals surface area contributed by atoms with Gasteiger partial charge >= 0.3 is 0 Å². The average molecular weight is 383 g/mol. The summed E-state index contributed by atoms with van der Waals surface area (Å²) in [7, 11) is 0. The first-order valence-electron chi connectivity index (χ1n) is 9.39. The van der Waals surface area contributed by atoms with E-state index >= 15 is 0 Å². The number of nitrogens with zero attached hydrogens (tertiary/aromatic N) is 2. The molecular weight excluding hydrogens is 362 g/mol. The zero-order valence-electron chi connectivity index (χ0n) is 16.3. The summed E-state index contributed by atoms with van der Waals surface area (Å²) in [5, 5.41) is 15.3. The third kappa shape index (κ3) is 3.80. The van der Waals surface area contributed by atoms with Gasteiger partial charge in [0, 0.05) is 28.9 Å². The maximum Gasteiger partial charge on any atom is 0.159 e. The molecule has 144 valence electrons. The fourth-order valence-corrected chi connectivity index (χ4v) is 3.39. The van der Waals surface area contributed by atoms with Gasteiger partial charge in [-0.15, -0.1) is 0 Å². The maximum atomic E-state index is 11.7. The molecule has 4 rings (SSSR count). The number of fused-ring (bicyclic) bond motifs is 1. The number of aromatic nitrogens is 2. The van der Waals surface area contributed by atoms with Gasteiger partial charge in [-0.3, -0.25) is 9.78 Å². The summed E-state index contributed by atoms with van der Waals surface area (Å²) in [5.41, 5.74) is 3.87. The minimum Gasteiger partial charge on any atom is -0.505 e. The molecule has 2 aromatic heterocycles. The molecule has 0 amide bonds. The second-order valence-electron chi connectivity index (χ2n) is 7.05. The Labute approximate surface area is 169 Å². The number of hydrogen-bond donors (Lipinski definition) is 2. The molecule has 2 heterocycles. The molecule has 2 N–H and O–H groups in total. The van der Waals surface area contributed by atoms with Crippen LogP contribution in [0.2, 0.25) is 0 Å². The third-order valence-corrected chi connectivity index (χ3v) is 4.95. The van der Waals surface area contributed by atoms with E-state index in [-0.39, 0.29) is 17.6 Å². The lowest BCUT2D eigenvalue weighted by Gasteiger charge is -2.22. The molecule has 1 atom stereocenters. The highest BCUT2D eigenvalue weighted by Crippen LogP contribution is 2.36. The predicted molar refractivity (Wildman–Crippen MR) is 114 cm³/mol. The number of nitrogens with one attached hydrogen (secondary N) is 1. The van der Waals surface area contributed by atoms with E-state index in [0.29, 0.717) is 22.5 Å². The van der Waals surface area contributed by atoms with E-state index in [9.17, 15) is 9.90 Å². The molecule has 0 fully saturated rings. The van der Waals surface area contributed by atoms with E-state index in [0.717, 1.165) is 16.5 Å². The van der Waals surface area contributed by atoms with Crippen molar-refractivity contribution in [3.05, 3.63) is 95.3 Å². The summed E-state index contributed by atoms with van der Waals surface area (Å²) in [5.74, 6) is 0.842. The van der Waals surface area contributed by atoms with Crippen LogP contribution in [0.3, 0.4) is 0 Å². The lowest BCUT2D eigenvalue weighted by molar-refractivity contribution is 0.101. The number of aryl methyl sites for hydroxylation is 1. The Morgan fingerprint density at radius 2 is 1.79 bits per heavy atom. The van der Waals surface area contributed by atoms with Crippen molar-refractivity contribution in [2.24, 2.45) is 0 Å². The highest BCUT2D eigenvalue weighted by atomic mass is 16.3. The molecule has 0 saturated carbocycles. The zero-order valence-corrected chi connectivity index (χ0v) is 16.3. The Morgan fingerprint density at radius 3 is 2.52 bits per heavy atom. The first-order valence-corrected chi connectivity index (χ1v) is 9.39. The van der Waals surface area contributed by atoms with Gasteiger partial charge < -0.3 is 10.4 Å². The van der Waals surface area contributed by atoms with Crippen LogP contribution in [0.15, 0.2) is 73.1 Å². The van der Waals surface area contributed by atoms with Crippen LogP contribution in [-0.4, -0.2) is 20.9 Å². The minimum absolute atomic E-state index is 0.0131. The first kappa shape index (κ1) is 18.6. The standard InChI is InChI=1S/C24H21N3O2/c1-15-11-13-25-21(14-15)27-22(19-7-5-17(6-8-19)16(2)28)20-10-9-18-4-3-12-26-23(18)24(20)29/h3-14,22,29H,1-2H3,(H,25,27). The number of carbonyl (C=O) groups excluding carboxylic acids is 1. The van der Waals surface area contributed by atoms with E-state index in [1.807, 2.05) is 55.5 Å². The molecular formula is C24H21N3O2.